The highest BCUT2D eigenvalue weighted by molar-refractivity contribution is 7.11. The first kappa shape index (κ1) is 12.5. The smallest absolute Gasteiger partial charge is 0.365 e. The van der Waals surface area contributed by atoms with Gasteiger partial charge in [0.05, 0.1) is 5.69 Å². The van der Waals surface area contributed by atoms with Crippen LogP contribution in [0, 0.1) is 5.41 Å². The van der Waals surface area contributed by atoms with E-state index < -0.39 is 5.97 Å². The van der Waals surface area contributed by atoms with Crippen LogP contribution in [0.3, 0.4) is 0 Å². The summed E-state index contributed by atoms with van der Waals surface area (Å²) in [6.07, 6.45) is 2.48. The van der Waals surface area contributed by atoms with E-state index in [0.29, 0.717) is 5.41 Å². The van der Waals surface area contributed by atoms with Crippen molar-refractivity contribution in [1.82, 2.24) is 9.88 Å². The number of piperidine rings is 1. The fourth-order valence-corrected chi connectivity index (χ4v) is 3.03. The van der Waals surface area contributed by atoms with E-state index in [0.717, 1.165) is 25.3 Å². The first-order valence-corrected chi connectivity index (χ1v) is 6.74. The Morgan fingerprint density at radius 1 is 1.65 bits per heavy atom. The molecule has 1 fully saturated rings. The number of carboxylic acids is 1. The molecule has 0 saturated carbocycles. The van der Waals surface area contributed by atoms with Crippen molar-refractivity contribution in [2.24, 2.45) is 5.41 Å². The number of carbonyl (C=O) groups is 1. The number of aromatic nitrogens is 1. The second-order valence-corrected chi connectivity index (χ2v) is 6.29. The highest BCUT2D eigenvalue weighted by atomic mass is 32.1. The van der Waals surface area contributed by atoms with Crippen LogP contribution in [-0.4, -0.2) is 34.0 Å². The molecule has 1 N–H and O–H groups in total. The third-order valence-electron chi connectivity index (χ3n) is 3.10. The standard InChI is InChI=1S/C12H18N2O2S/c1-12(2)4-3-5-14(8-12)6-9-7-17-10(13-9)11(15)16/h7H,3-6,8H2,1-2H3,(H,15,16). The Kier molecular flexibility index (Phi) is 3.49. The summed E-state index contributed by atoms with van der Waals surface area (Å²) in [5, 5.41) is 10.9. The van der Waals surface area contributed by atoms with Crippen molar-refractivity contribution in [3.63, 3.8) is 0 Å². The summed E-state index contributed by atoms with van der Waals surface area (Å²) in [4.78, 5) is 17.2. The number of aromatic carboxylic acids is 1. The van der Waals surface area contributed by atoms with Gasteiger partial charge in [0.15, 0.2) is 0 Å². The van der Waals surface area contributed by atoms with Crippen molar-refractivity contribution in [2.45, 2.75) is 33.2 Å². The van der Waals surface area contributed by atoms with E-state index >= 15 is 0 Å². The zero-order valence-electron chi connectivity index (χ0n) is 10.3. The maximum Gasteiger partial charge on any atom is 0.365 e. The molecule has 2 heterocycles. The van der Waals surface area contributed by atoms with Crippen LogP contribution < -0.4 is 0 Å². The molecule has 0 amide bonds. The van der Waals surface area contributed by atoms with Crippen molar-refractivity contribution in [1.29, 1.82) is 0 Å². The summed E-state index contributed by atoms with van der Waals surface area (Å²) in [5.41, 5.74) is 1.24. The molecule has 0 aliphatic carbocycles. The molecule has 5 heteroatoms. The van der Waals surface area contributed by atoms with Crippen LogP contribution in [0.4, 0.5) is 0 Å². The number of rotatable bonds is 3. The molecule has 4 nitrogen and oxygen atoms in total. The van der Waals surface area contributed by atoms with Gasteiger partial charge in [-0.3, -0.25) is 4.90 Å². The molecule has 1 saturated heterocycles. The fraction of sp³-hybridized carbons (Fsp3) is 0.667. The van der Waals surface area contributed by atoms with Gasteiger partial charge >= 0.3 is 5.97 Å². The topological polar surface area (TPSA) is 53.4 Å². The molecule has 0 unspecified atom stereocenters. The van der Waals surface area contributed by atoms with Crippen LogP contribution in [0.2, 0.25) is 0 Å². The van der Waals surface area contributed by atoms with Crippen molar-refractivity contribution in [3.05, 3.63) is 16.1 Å². The lowest BCUT2D eigenvalue weighted by Crippen LogP contribution is -2.39. The largest absolute Gasteiger partial charge is 0.476 e. The number of hydrogen-bond donors (Lipinski definition) is 1. The Hall–Kier alpha value is -0.940. The summed E-state index contributed by atoms with van der Waals surface area (Å²) >= 11 is 1.21. The number of carboxylic acid groups (broad SMARTS) is 1. The Morgan fingerprint density at radius 3 is 3.00 bits per heavy atom. The van der Waals surface area contributed by atoms with E-state index in [-0.39, 0.29) is 5.01 Å². The molecule has 0 aromatic carbocycles. The SMILES string of the molecule is CC1(C)CCCN(Cc2csc(C(=O)O)n2)C1. The highest BCUT2D eigenvalue weighted by Crippen LogP contribution is 2.29. The summed E-state index contributed by atoms with van der Waals surface area (Å²) in [5.74, 6) is -0.930. The van der Waals surface area contributed by atoms with Gasteiger partial charge in [-0.2, -0.15) is 0 Å². The first-order chi connectivity index (χ1) is 7.96. The molecule has 94 valence electrons. The number of hydrogen-bond acceptors (Lipinski definition) is 4. The van der Waals surface area contributed by atoms with Gasteiger partial charge in [-0.15, -0.1) is 11.3 Å². The predicted molar refractivity (Wildman–Crippen MR) is 67.4 cm³/mol. The van der Waals surface area contributed by atoms with E-state index in [2.05, 4.69) is 23.7 Å². The minimum absolute atomic E-state index is 0.191. The maximum atomic E-state index is 10.7. The molecule has 17 heavy (non-hydrogen) atoms. The number of nitrogens with zero attached hydrogens (tertiary/aromatic N) is 2. The van der Waals surface area contributed by atoms with E-state index in [9.17, 15) is 4.79 Å². The maximum absolute atomic E-state index is 10.7. The molecule has 1 aromatic heterocycles. The second-order valence-electron chi connectivity index (χ2n) is 5.43. The van der Waals surface area contributed by atoms with Gasteiger partial charge in [-0.25, -0.2) is 9.78 Å². The predicted octanol–water partition coefficient (Wildman–Crippen LogP) is 2.46. The monoisotopic (exact) mass is 254 g/mol. The molecule has 1 aliphatic rings. The molecular weight excluding hydrogens is 236 g/mol. The Balaban J connectivity index is 1.98. The molecule has 0 spiro atoms. The van der Waals surface area contributed by atoms with Crippen LogP contribution in [0.15, 0.2) is 5.38 Å². The molecule has 0 radical (unpaired) electrons. The third-order valence-corrected chi connectivity index (χ3v) is 3.98. The van der Waals surface area contributed by atoms with Gasteiger partial charge in [0, 0.05) is 18.5 Å². The quantitative estimate of drug-likeness (QED) is 0.900. The summed E-state index contributed by atoms with van der Waals surface area (Å²) in [7, 11) is 0. The van der Waals surface area contributed by atoms with Gasteiger partial charge in [0.25, 0.3) is 0 Å². The minimum Gasteiger partial charge on any atom is -0.476 e. The van der Waals surface area contributed by atoms with E-state index in [1.54, 1.807) is 0 Å². The average Bonchev–Trinajstić information content (AvgIpc) is 2.64. The average molecular weight is 254 g/mol. The lowest BCUT2D eigenvalue weighted by molar-refractivity contribution is 0.0695. The molecule has 0 bridgehead atoms. The van der Waals surface area contributed by atoms with E-state index in [4.69, 9.17) is 5.11 Å². The van der Waals surface area contributed by atoms with E-state index in [1.807, 2.05) is 5.38 Å². The summed E-state index contributed by atoms with van der Waals surface area (Å²) in [6, 6.07) is 0. The number of thiazole rings is 1. The van der Waals surface area contributed by atoms with Gasteiger partial charge < -0.3 is 5.11 Å². The van der Waals surface area contributed by atoms with Crippen LogP contribution in [0.1, 0.15) is 42.2 Å². The van der Waals surface area contributed by atoms with Crippen molar-refractivity contribution in [3.8, 4) is 0 Å². The highest BCUT2D eigenvalue weighted by Gasteiger charge is 2.26. The van der Waals surface area contributed by atoms with Crippen molar-refractivity contribution in [2.75, 3.05) is 13.1 Å². The molecular formula is C12H18N2O2S. The molecule has 1 aliphatic heterocycles. The van der Waals surface area contributed by atoms with Gasteiger partial charge in [0.2, 0.25) is 5.01 Å². The van der Waals surface area contributed by atoms with Crippen molar-refractivity contribution >= 4 is 17.3 Å². The van der Waals surface area contributed by atoms with Crippen LogP contribution in [-0.2, 0) is 6.54 Å². The van der Waals surface area contributed by atoms with Crippen LogP contribution in [0.5, 0.6) is 0 Å². The van der Waals surface area contributed by atoms with Gasteiger partial charge in [-0.05, 0) is 24.8 Å². The molecule has 1 aromatic rings. The first-order valence-electron chi connectivity index (χ1n) is 5.86. The summed E-state index contributed by atoms with van der Waals surface area (Å²) < 4.78 is 0. The molecule has 2 rings (SSSR count). The third kappa shape index (κ3) is 3.26. The fourth-order valence-electron chi connectivity index (χ4n) is 2.39. The minimum atomic E-state index is -0.930. The Morgan fingerprint density at radius 2 is 2.41 bits per heavy atom. The van der Waals surface area contributed by atoms with Crippen molar-refractivity contribution < 1.29 is 9.90 Å². The van der Waals surface area contributed by atoms with Crippen LogP contribution in [0.25, 0.3) is 0 Å². The summed E-state index contributed by atoms with van der Waals surface area (Å²) in [6.45, 7) is 7.48. The molecule has 0 atom stereocenters. The Labute approximate surface area is 105 Å². The number of likely N-dealkylation sites (tertiary alicyclic amines) is 1. The Bertz CT molecular complexity index is 414. The van der Waals surface area contributed by atoms with Gasteiger partial charge in [-0.1, -0.05) is 13.8 Å². The lowest BCUT2D eigenvalue weighted by atomic mass is 9.84. The van der Waals surface area contributed by atoms with Crippen LogP contribution >= 0.6 is 11.3 Å². The zero-order chi connectivity index (χ0) is 12.5. The normalized spacial score (nSPS) is 20.4. The van der Waals surface area contributed by atoms with E-state index in [1.165, 1.54) is 24.2 Å². The lowest BCUT2D eigenvalue weighted by Gasteiger charge is -2.37. The zero-order valence-corrected chi connectivity index (χ0v) is 11.1. The second kappa shape index (κ2) is 4.74. The van der Waals surface area contributed by atoms with Gasteiger partial charge in [0.1, 0.15) is 0 Å².